The number of hydrogen-bond donors (Lipinski definition) is 2. The van der Waals surface area contributed by atoms with Gasteiger partial charge >= 0.3 is 0 Å². The molecule has 0 saturated carbocycles. The zero-order valence-electron chi connectivity index (χ0n) is 18.1. The van der Waals surface area contributed by atoms with Crippen molar-refractivity contribution in [3.8, 4) is 16.9 Å². The van der Waals surface area contributed by atoms with Gasteiger partial charge in [-0.3, -0.25) is 19.5 Å². The molecule has 9 heteroatoms. The topological polar surface area (TPSA) is 91.8 Å². The van der Waals surface area contributed by atoms with E-state index in [1.54, 1.807) is 6.20 Å². The summed E-state index contributed by atoms with van der Waals surface area (Å²) in [6.07, 6.45) is 2.16. The summed E-state index contributed by atoms with van der Waals surface area (Å²) < 4.78 is 7.39. The van der Waals surface area contributed by atoms with E-state index in [-0.39, 0.29) is 49.8 Å². The van der Waals surface area contributed by atoms with Crippen molar-refractivity contribution in [1.82, 2.24) is 15.2 Å². The Labute approximate surface area is 200 Å². The number of likely N-dealkylation sites (tertiary alicyclic amines) is 1. The van der Waals surface area contributed by atoms with Gasteiger partial charge in [-0.25, -0.2) is 0 Å². The van der Waals surface area contributed by atoms with Crippen LogP contribution in [0, 0.1) is 12.8 Å². The first-order chi connectivity index (χ1) is 15.9. The highest BCUT2D eigenvalue weighted by atomic mass is 35.5. The number of thiophene rings is 1. The minimum Gasteiger partial charge on any atom is -0.488 e. The molecule has 2 aliphatic heterocycles. The smallest absolute Gasteiger partial charge is 0.230 e. The molecule has 0 radical (unpaired) electrons. The van der Waals surface area contributed by atoms with Crippen molar-refractivity contribution in [3.63, 3.8) is 0 Å². The summed E-state index contributed by atoms with van der Waals surface area (Å²) in [5.41, 5.74) is 3.50. The third kappa shape index (κ3) is 4.24. The number of carbonyl (C=O) groups excluding carboxylic acids is 2. The van der Waals surface area contributed by atoms with Gasteiger partial charge in [0.15, 0.2) is 0 Å². The fraction of sp³-hybridized carbons (Fsp3) is 0.375. The van der Waals surface area contributed by atoms with E-state index in [2.05, 4.69) is 10.3 Å². The number of carbonyl (C=O) groups is 2. The second-order valence-corrected chi connectivity index (χ2v) is 10.1. The molecular formula is C24H24ClN3O4S. The summed E-state index contributed by atoms with van der Waals surface area (Å²) in [5, 5.41) is 13.6. The number of amides is 2. The number of aromatic nitrogens is 1. The van der Waals surface area contributed by atoms with E-state index in [4.69, 9.17) is 16.3 Å². The normalized spacial score (nSPS) is 20.9. The molecule has 0 unspecified atom stereocenters. The molecule has 5 rings (SSSR count). The van der Waals surface area contributed by atoms with E-state index in [1.807, 2.05) is 31.2 Å². The maximum Gasteiger partial charge on any atom is 0.230 e. The largest absolute Gasteiger partial charge is 0.488 e. The number of aliphatic hydroxyl groups excluding tert-OH is 1. The molecule has 3 aromatic rings. The molecular weight excluding hydrogens is 462 g/mol. The summed E-state index contributed by atoms with van der Waals surface area (Å²) in [7, 11) is 0. The molecule has 0 spiro atoms. The molecule has 2 aliphatic rings. The lowest BCUT2D eigenvalue weighted by Crippen LogP contribution is -2.28. The van der Waals surface area contributed by atoms with E-state index in [0.717, 1.165) is 37.5 Å². The summed E-state index contributed by atoms with van der Waals surface area (Å²) >= 11 is 7.96. The van der Waals surface area contributed by atoms with E-state index in [9.17, 15) is 14.7 Å². The Balaban J connectivity index is 1.55. The lowest BCUT2D eigenvalue weighted by molar-refractivity contribution is -0.138. The van der Waals surface area contributed by atoms with Crippen molar-refractivity contribution in [2.24, 2.45) is 5.92 Å². The van der Waals surface area contributed by atoms with Crippen molar-refractivity contribution in [1.29, 1.82) is 0 Å². The van der Waals surface area contributed by atoms with E-state index >= 15 is 0 Å². The second-order valence-electron chi connectivity index (χ2n) is 8.52. The van der Waals surface area contributed by atoms with Crippen molar-refractivity contribution in [2.75, 3.05) is 19.7 Å². The minimum absolute atomic E-state index is 0.0225. The van der Waals surface area contributed by atoms with Crippen molar-refractivity contribution in [2.45, 2.75) is 32.4 Å². The Morgan fingerprint density at radius 3 is 2.76 bits per heavy atom. The fourth-order valence-electron chi connectivity index (χ4n) is 4.50. The van der Waals surface area contributed by atoms with Gasteiger partial charge in [0.25, 0.3) is 0 Å². The molecule has 4 heterocycles. The molecule has 0 bridgehead atoms. The number of rotatable bonds is 6. The van der Waals surface area contributed by atoms with Crippen molar-refractivity contribution in [3.05, 3.63) is 45.9 Å². The highest BCUT2D eigenvalue weighted by Gasteiger charge is 2.31. The maximum atomic E-state index is 12.1. The van der Waals surface area contributed by atoms with E-state index < -0.39 is 0 Å². The third-order valence-electron chi connectivity index (χ3n) is 6.24. The Hall–Kier alpha value is -2.52. The van der Waals surface area contributed by atoms with Gasteiger partial charge in [0, 0.05) is 59.1 Å². The minimum atomic E-state index is -0.142. The molecule has 2 fully saturated rings. The van der Waals surface area contributed by atoms with Crippen molar-refractivity contribution < 1.29 is 19.4 Å². The first-order valence-electron chi connectivity index (χ1n) is 10.9. The fourth-order valence-corrected chi connectivity index (χ4v) is 5.90. The van der Waals surface area contributed by atoms with Crippen LogP contribution in [0.3, 0.4) is 0 Å². The van der Waals surface area contributed by atoms with Gasteiger partial charge in [-0.15, -0.1) is 11.3 Å². The molecule has 0 aliphatic carbocycles. The Morgan fingerprint density at radius 2 is 2.00 bits per heavy atom. The van der Waals surface area contributed by atoms with Gasteiger partial charge < -0.3 is 15.2 Å². The molecule has 2 atom stereocenters. The van der Waals surface area contributed by atoms with Crippen LogP contribution < -0.4 is 10.1 Å². The number of ether oxygens (including phenoxy) is 1. The number of aliphatic hydroxyl groups is 1. The lowest BCUT2D eigenvalue weighted by atomic mass is 10.0. The van der Waals surface area contributed by atoms with Gasteiger partial charge in [0.1, 0.15) is 11.9 Å². The quantitative estimate of drug-likeness (QED) is 0.519. The number of imide groups is 1. The maximum absolute atomic E-state index is 12.1. The highest BCUT2D eigenvalue weighted by molar-refractivity contribution is 7.19. The molecule has 2 aromatic heterocycles. The predicted octanol–water partition coefficient (Wildman–Crippen LogP) is 3.53. The third-order valence-corrected chi connectivity index (χ3v) is 7.60. The monoisotopic (exact) mass is 485 g/mol. The molecule has 33 heavy (non-hydrogen) atoms. The summed E-state index contributed by atoms with van der Waals surface area (Å²) in [4.78, 5) is 30.9. The molecule has 1 aromatic carbocycles. The first kappa shape index (κ1) is 22.3. The van der Waals surface area contributed by atoms with Crippen LogP contribution in [-0.4, -0.2) is 52.6 Å². The van der Waals surface area contributed by atoms with Gasteiger partial charge in [-0.1, -0.05) is 11.6 Å². The Morgan fingerprint density at radius 1 is 1.21 bits per heavy atom. The average Bonchev–Trinajstić information content (AvgIpc) is 3.50. The number of aryl methyl sites for hydroxylation is 1. The average molecular weight is 486 g/mol. The number of hydrogen-bond acceptors (Lipinski definition) is 7. The molecule has 172 valence electrons. The zero-order valence-corrected chi connectivity index (χ0v) is 19.7. The van der Waals surface area contributed by atoms with Crippen LogP contribution >= 0.6 is 22.9 Å². The van der Waals surface area contributed by atoms with Gasteiger partial charge in [0.2, 0.25) is 11.8 Å². The predicted molar refractivity (Wildman–Crippen MR) is 127 cm³/mol. The summed E-state index contributed by atoms with van der Waals surface area (Å²) in [6, 6.07) is 7.63. The first-order valence-corrected chi connectivity index (χ1v) is 12.1. The number of pyridine rings is 1. The van der Waals surface area contributed by atoms with Crippen LogP contribution in [0.2, 0.25) is 5.02 Å². The lowest BCUT2D eigenvalue weighted by Gasteiger charge is -2.22. The van der Waals surface area contributed by atoms with Crippen LogP contribution in [-0.2, 0) is 16.1 Å². The zero-order chi connectivity index (χ0) is 23.1. The summed E-state index contributed by atoms with van der Waals surface area (Å²) in [5.74, 6) is 0.499. The Kier molecular flexibility index (Phi) is 6.09. The van der Waals surface area contributed by atoms with E-state index in [0.29, 0.717) is 18.1 Å². The van der Waals surface area contributed by atoms with Gasteiger partial charge in [-0.2, -0.15) is 0 Å². The standard InChI is InChI=1S/C24H24ClN3O4S/c1-13-6-15(25)7-18(23(13)32-20-10-26-9-14(20)12-29)17-4-5-27-19-8-16(33-24(17)19)11-28-21(30)2-3-22(28)31/h4-8,14,20,26,29H,2-3,9-12H2,1H3/t14-,20-/m1/s1. The van der Waals surface area contributed by atoms with Gasteiger partial charge in [0.05, 0.1) is 23.4 Å². The number of nitrogens with zero attached hydrogens (tertiary/aromatic N) is 2. The van der Waals surface area contributed by atoms with E-state index in [1.165, 1.54) is 16.2 Å². The molecule has 7 nitrogen and oxygen atoms in total. The highest BCUT2D eigenvalue weighted by Crippen LogP contribution is 2.42. The number of fused-ring (bicyclic) bond motifs is 1. The van der Waals surface area contributed by atoms with Crippen LogP contribution in [0.5, 0.6) is 5.75 Å². The van der Waals surface area contributed by atoms with Gasteiger partial charge in [-0.05, 0) is 36.8 Å². The number of nitrogens with one attached hydrogen (secondary N) is 1. The van der Waals surface area contributed by atoms with Crippen LogP contribution in [0.15, 0.2) is 30.5 Å². The van der Waals surface area contributed by atoms with Crippen LogP contribution in [0.25, 0.3) is 21.3 Å². The Bertz CT molecular complexity index is 1230. The SMILES string of the molecule is Cc1cc(Cl)cc(-c2ccnc3cc(CN4C(=O)CCC4=O)sc23)c1O[C@@H]1CNC[C@@H]1CO. The number of benzene rings is 1. The molecule has 2 amide bonds. The molecule has 2 saturated heterocycles. The van der Waals surface area contributed by atoms with Crippen molar-refractivity contribution >= 4 is 45.0 Å². The van der Waals surface area contributed by atoms with Crippen LogP contribution in [0.1, 0.15) is 23.3 Å². The molecule has 2 N–H and O–H groups in total. The van der Waals surface area contributed by atoms with Crippen LogP contribution in [0.4, 0.5) is 0 Å². The summed E-state index contributed by atoms with van der Waals surface area (Å²) in [6.45, 7) is 3.66. The second kappa shape index (κ2) is 9.02. The number of halogens is 1.